The van der Waals surface area contributed by atoms with Crippen molar-refractivity contribution in [2.45, 2.75) is 38.5 Å². The van der Waals surface area contributed by atoms with Crippen molar-refractivity contribution in [2.75, 3.05) is 12.8 Å². The van der Waals surface area contributed by atoms with E-state index in [2.05, 4.69) is 26.1 Å². The molecule has 0 spiro atoms. The summed E-state index contributed by atoms with van der Waals surface area (Å²) >= 11 is 2.05. The van der Waals surface area contributed by atoms with Crippen molar-refractivity contribution in [2.24, 2.45) is 0 Å². The number of nitrogens with one attached hydrogen (secondary N) is 1. The van der Waals surface area contributed by atoms with E-state index < -0.39 is 0 Å². The van der Waals surface area contributed by atoms with Gasteiger partial charge in [-0.3, -0.25) is 0 Å². The predicted octanol–water partition coefficient (Wildman–Crippen LogP) is 2.13. The Morgan fingerprint density at radius 2 is 2.00 bits per heavy atom. The Labute approximate surface area is 69.0 Å². The molecule has 0 bridgehead atoms. The van der Waals surface area contributed by atoms with E-state index in [0.717, 1.165) is 5.25 Å². The second kappa shape index (κ2) is 6.05. The minimum Gasteiger partial charge on any atom is -0.316 e. The topological polar surface area (TPSA) is 12.0 Å². The van der Waals surface area contributed by atoms with Gasteiger partial charge in [-0.2, -0.15) is 11.8 Å². The van der Waals surface area contributed by atoms with Crippen LogP contribution in [0.4, 0.5) is 0 Å². The SMILES string of the molecule is CCC(C)SCC(C)NC. The molecule has 0 amide bonds. The van der Waals surface area contributed by atoms with E-state index in [-0.39, 0.29) is 0 Å². The van der Waals surface area contributed by atoms with Crippen molar-refractivity contribution >= 4 is 11.8 Å². The van der Waals surface area contributed by atoms with E-state index in [0.29, 0.717) is 6.04 Å². The quantitative estimate of drug-likeness (QED) is 0.663. The van der Waals surface area contributed by atoms with Crippen molar-refractivity contribution in [1.82, 2.24) is 5.32 Å². The fourth-order valence-corrected chi connectivity index (χ4v) is 1.53. The lowest BCUT2D eigenvalue weighted by molar-refractivity contribution is 0.675. The molecule has 0 rings (SSSR count). The molecule has 0 saturated heterocycles. The molecule has 1 nitrogen and oxygen atoms in total. The van der Waals surface area contributed by atoms with Crippen LogP contribution in [0.2, 0.25) is 0 Å². The van der Waals surface area contributed by atoms with Crippen LogP contribution in [-0.4, -0.2) is 24.1 Å². The highest BCUT2D eigenvalue weighted by Crippen LogP contribution is 2.13. The first-order valence-corrected chi connectivity index (χ1v) is 5.04. The molecule has 10 heavy (non-hydrogen) atoms. The van der Waals surface area contributed by atoms with Crippen LogP contribution in [-0.2, 0) is 0 Å². The minimum absolute atomic E-state index is 0.652. The molecule has 0 aromatic rings. The van der Waals surface area contributed by atoms with Crippen molar-refractivity contribution in [3.05, 3.63) is 0 Å². The number of hydrogen-bond donors (Lipinski definition) is 1. The molecular formula is C8H19NS. The lowest BCUT2D eigenvalue weighted by atomic mass is 10.4. The van der Waals surface area contributed by atoms with Gasteiger partial charge in [-0.1, -0.05) is 13.8 Å². The molecule has 0 radical (unpaired) electrons. The van der Waals surface area contributed by atoms with Gasteiger partial charge in [0, 0.05) is 17.0 Å². The van der Waals surface area contributed by atoms with Crippen molar-refractivity contribution in [1.29, 1.82) is 0 Å². The van der Waals surface area contributed by atoms with Crippen LogP contribution in [0.25, 0.3) is 0 Å². The van der Waals surface area contributed by atoms with Crippen LogP contribution < -0.4 is 5.32 Å². The zero-order valence-electron chi connectivity index (χ0n) is 7.48. The van der Waals surface area contributed by atoms with Crippen molar-refractivity contribution in [3.8, 4) is 0 Å². The van der Waals surface area contributed by atoms with Gasteiger partial charge in [-0.15, -0.1) is 0 Å². The Balaban J connectivity index is 3.17. The third kappa shape index (κ3) is 5.12. The Hall–Kier alpha value is 0.310. The van der Waals surface area contributed by atoms with Crippen LogP contribution in [0.15, 0.2) is 0 Å². The fraction of sp³-hybridized carbons (Fsp3) is 1.00. The van der Waals surface area contributed by atoms with Gasteiger partial charge in [0.2, 0.25) is 0 Å². The highest BCUT2D eigenvalue weighted by Gasteiger charge is 2.01. The zero-order chi connectivity index (χ0) is 7.98. The fourth-order valence-electron chi connectivity index (χ4n) is 0.510. The molecule has 0 fully saturated rings. The van der Waals surface area contributed by atoms with Gasteiger partial charge in [-0.25, -0.2) is 0 Å². The molecule has 0 aliphatic heterocycles. The number of hydrogen-bond acceptors (Lipinski definition) is 2. The maximum Gasteiger partial charge on any atom is 0.0127 e. The lowest BCUT2D eigenvalue weighted by Crippen LogP contribution is -2.24. The normalized spacial score (nSPS) is 16.8. The third-order valence-electron chi connectivity index (χ3n) is 1.70. The standard InChI is InChI=1S/C8H19NS/c1-5-8(3)10-6-7(2)9-4/h7-9H,5-6H2,1-4H3. The van der Waals surface area contributed by atoms with E-state index in [1.165, 1.54) is 12.2 Å². The third-order valence-corrected chi connectivity index (χ3v) is 3.29. The average Bonchev–Trinajstić information content (AvgIpc) is 1.99. The molecule has 0 aliphatic carbocycles. The Bertz CT molecular complexity index is 65.7. The number of rotatable bonds is 5. The predicted molar refractivity (Wildman–Crippen MR) is 50.7 cm³/mol. The monoisotopic (exact) mass is 161 g/mol. The van der Waals surface area contributed by atoms with E-state index in [4.69, 9.17) is 0 Å². The van der Waals surface area contributed by atoms with Crippen LogP contribution in [0, 0.1) is 0 Å². The highest BCUT2D eigenvalue weighted by molar-refractivity contribution is 7.99. The molecule has 0 aromatic heterocycles. The second-order valence-corrected chi connectivity index (χ2v) is 4.21. The molecule has 0 aromatic carbocycles. The van der Waals surface area contributed by atoms with Crippen molar-refractivity contribution < 1.29 is 0 Å². The molecule has 2 atom stereocenters. The first-order valence-electron chi connectivity index (χ1n) is 3.99. The summed E-state index contributed by atoms with van der Waals surface area (Å²) in [4.78, 5) is 0. The maximum atomic E-state index is 3.22. The second-order valence-electron chi connectivity index (χ2n) is 2.74. The molecule has 2 unspecified atom stereocenters. The van der Waals surface area contributed by atoms with Crippen molar-refractivity contribution in [3.63, 3.8) is 0 Å². The van der Waals surface area contributed by atoms with Crippen LogP contribution in [0.1, 0.15) is 27.2 Å². The summed E-state index contributed by atoms with van der Waals surface area (Å²) in [7, 11) is 2.02. The molecule has 62 valence electrons. The Kier molecular flexibility index (Phi) is 6.24. The summed E-state index contributed by atoms with van der Waals surface area (Å²) in [6, 6.07) is 0.652. The van der Waals surface area contributed by atoms with E-state index in [1.807, 2.05) is 18.8 Å². The minimum atomic E-state index is 0.652. The summed E-state index contributed by atoms with van der Waals surface area (Å²) in [5.74, 6) is 1.23. The summed E-state index contributed by atoms with van der Waals surface area (Å²) in [6.45, 7) is 6.74. The summed E-state index contributed by atoms with van der Waals surface area (Å²) in [6.07, 6.45) is 1.28. The van der Waals surface area contributed by atoms with E-state index in [1.54, 1.807) is 0 Å². The van der Waals surface area contributed by atoms with Gasteiger partial charge in [0.15, 0.2) is 0 Å². The molecule has 0 aliphatic rings. The Morgan fingerprint density at radius 1 is 1.40 bits per heavy atom. The van der Waals surface area contributed by atoms with Crippen LogP contribution in [0.3, 0.4) is 0 Å². The smallest absolute Gasteiger partial charge is 0.0127 e. The zero-order valence-corrected chi connectivity index (χ0v) is 8.29. The van der Waals surface area contributed by atoms with Gasteiger partial charge in [0.05, 0.1) is 0 Å². The average molecular weight is 161 g/mol. The summed E-state index contributed by atoms with van der Waals surface area (Å²) < 4.78 is 0. The van der Waals surface area contributed by atoms with Gasteiger partial charge >= 0.3 is 0 Å². The lowest BCUT2D eigenvalue weighted by Gasteiger charge is -2.12. The largest absolute Gasteiger partial charge is 0.316 e. The molecule has 2 heteroatoms. The van der Waals surface area contributed by atoms with Gasteiger partial charge in [0.1, 0.15) is 0 Å². The maximum absolute atomic E-state index is 3.22. The van der Waals surface area contributed by atoms with Crippen LogP contribution in [0.5, 0.6) is 0 Å². The first kappa shape index (κ1) is 10.3. The van der Waals surface area contributed by atoms with Gasteiger partial charge in [-0.05, 0) is 20.4 Å². The molecule has 0 heterocycles. The summed E-state index contributed by atoms with van der Waals surface area (Å²) in [5.41, 5.74) is 0. The molecule has 1 N–H and O–H groups in total. The molecular weight excluding hydrogens is 142 g/mol. The van der Waals surface area contributed by atoms with Crippen LogP contribution >= 0.6 is 11.8 Å². The highest BCUT2D eigenvalue weighted by atomic mass is 32.2. The Morgan fingerprint density at radius 3 is 2.40 bits per heavy atom. The molecule has 0 saturated carbocycles. The van der Waals surface area contributed by atoms with Gasteiger partial charge in [0.25, 0.3) is 0 Å². The number of thioether (sulfide) groups is 1. The first-order chi connectivity index (χ1) is 4.70. The van der Waals surface area contributed by atoms with E-state index in [9.17, 15) is 0 Å². The van der Waals surface area contributed by atoms with Gasteiger partial charge < -0.3 is 5.32 Å². The van der Waals surface area contributed by atoms with E-state index >= 15 is 0 Å². The summed E-state index contributed by atoms with van der Waals surface area (Å²) in [5, 5.41) is 4.04.